The lowest BCUT2D eigenvalue weighted by Crippen LogP contribution is -2.41. The summed E-state index contributed by atoms with van der Waals surface area (Å²) in [7, 11) is 0.759. The van der Waals surface area contributed by atoms with Crippen molar-refractivity contribution in [2.45, 2.75) is 6.18 Å². The Morgan fingerprint density at radius 2 is 1.86 bits per heavy atom. The summed E-state index contributed by atoms with van der Waals surface area (Å²) in [6.07, 6.45) is -4.94. The molecule has 0 bridgehead atoms. The smallest absolute Gasteiger partial charge is 0.431 e. The summed E-state index contributed by atoms with van der Waals surface area (Å²) in [5.74, 6) is -3.10. The Balaban J connectivity index is 2.85. The first-order chi connectivity index (χ1) is 10.0. The number of rotatable bonds is 1. The molecule has 2 heterocycles. The topological polar surface area (TPSA) is 77.1 Å². The fraction of sp³-hybridized carbons (Fsp3) is 0.182. The van der Waals surface area contributed by atoms with Gasteiger partial charge in [-0.05, 0) is 0 Å². The second-order valence-electron chi connectivity index (χ2n) is 4.14. The fourth-order valence-corrected chi connectivity index (χ4v) is 1.83. The average Bonchev–Trinajstić information content (AvgIpc) is 2.38. The van der Waals surface area contributed by atoms with E-state index in [9.17, 15) is 32.3 Å². The maximum Gasteiger partial charge on any atom is 0.431 e. The van der Waals surface area contributed by atoms with Crippen molar-refractivity contribution in [3.05, 3.63) is 49.5 Å². The summed E-state index contributed by atoms with van der Waals surface area (Å²) in [6.45, 7) is 0. The molecule has 22 heavy (non-hydrogen) atoms. The second-order valence-corrected chi connectivity index (χ2v) is 4.55. The molecule has 0 aromatic carbocycles. The maximum atomic E-state index is 13.8. The number of aromatic nitrogens is 3. The number of hydrogen-bond donors (Lipinski definition) is 1. The molecule has 2 aromatic heterocycles. The van der Waals surface area contributed by atoms with Crippen LogP contribution < -0.4 is 11.2 Å². The normalized spacial score (nSPS) is 11.7. The van der Waals surface area contributed by atoms with Gasteiger partial charge in [-0.2, -0.15) is 18.2 Å². The maximum absolute atomic E-state index is 13.8. The predicted molar refractivity (Wildman–Crippen MR) is 66.7 cm³/mol. The van der Waals surface area contributed by atoms with Crippen molar-refractivity contribution in [3.63, 3.8) is 0 Å². The monoisotopic (exact) mass is 339 g/mol. The van der Waals surface area contributed by atoms with E-state index in [0.29, 0.717) is 6.07 Å². The van der Waals surface area contributed by atoms with E-state index < -0.39 is 45.7 Å². The third-order valence-electron chi connectivity index (χ3n) is 2.71. The van der Waals surface area contributed by atoms with Crippen molar-refractivity contribution in [1.29, 1.82) is 0 Å². The summed E-state index contributed by atoms with van der Waals surface area (Å²) in [5, 5.41) is 8.82. The molecule has 0 saturated carbocycles. The quantitative estimate of drug-likeness (QED) is 0.798. The van der Waals surface area contributed by atoms with Crippen molar-refractivity contribution in [2.75, 3.05) is 0 Å². The molecule has 2 aromatic rings. The van der Waals surface area contributed by atoms with Crippen LogP contribution in [0, 0.1) is 5.82 Å². The third-order valence-corrected chi connectivity index (χ3v) is 2.99. The van der Waals surface area contributed by atoms with Gasteiger partial charge in [0, 0.05) is 19.2 Å². The molecular formula is C11H6ClF4N3O3. The largest absolute Gasteiger partial charge is 0.492 e. The molecule has 0 radical (unpaired) electrons. The highest BCUT2D eigenvalue weighted by Crippen LogP contribution is 2.27. The third kappa shape index (κ3) is 2.56. The Morgan fingerprint density at radius 3 is 2.41 bits per heavy atom. The average molecular weight is 340 g/mol. The van der Waals surface area contributed by atoms with Gasteiger partial charge in [0.15, 0.2) is 11.6 Å². The van der Waals surface area contributed by atoms with Crippen molar-refractivity contribution >= 4 is 11.6 Å². The zero-order chi connectivity index (χ0) is 16.8. The lowest BCUT2D eigenvalue weighted by Gasteiger charge is -2.13. The Hall–Kier alpha value is -2.36. The molecule has 0 unspecified atom stereocenters. The summed E-state index contributed by atoms with van der Waals surface area (Å²) < 4.78 is 52.0. The van der Waals surface area contributed by atoms with E-state index in [1.807, 2.05) is 0 Å². The summed E-state index contributed by atoms with van der Waals surface area (Å²) >= 11 is 5.40. The van der Waals surface area contributed by atoms with Gasteiger partial charge >= 0.3 is 11.9 Å². The van der Waals surface area contributed by atoms with Gasteiger partial charge in [-0.15, -0.1) is 0 Å². The SMILES string of the molecule is Cn1c(C(F)(F)F)cc(=O)n(-c2nc(O)c(Cl)cc2F)c1=O. The molecule has 2 rings (SSSR count). The molecule has 0 spiro atoms. The molecule has 0 saturated heterocycles. The lowest BCUT2D eigenvalue weighted by atomic mass is 10.3. The van der Waals surface area contributed by atoms with Gasteiger partial charge in [0.2, 0.25) is 5.88 Å². The number of hydrogen-bond acceptors (Lipinski definition) is 4. The van der Waals surface area contributed by atoms with Crippen LogP contribution in [0.5, 0.6) is 5.88 Å². The Labute approximate surface area is 123 Å². The number of nitrogens with zero attached hydrogens (tertiary/aromatic N) is 3. The zero-order valence-corrected chi connectivity index (χ0v) is 11.4. The summed E-state index contributed by atoms with van der Waals surface area (Å²) in [4.78, 5) is 26.9. The van der Waals surface area contributed by atoms with Crippen molar-refractivity contribution in [2.24, 2.45) is 7.05 Å². The van der Waals surface area contributed by atoms with E-state index >= 15 is 0 Å². The van der Waals surface area contributed by atoms with Crippen LogP contribution in [0.2, 0.25) is 5.02 Å². The number of alkyl halides is 3. The number of pyridine rings is 1. The van der Waals surface area contributed by atoms with Crippen LogP contribution in [0.4, 0.5) is 17.6 Å². The predicted octanol–water partition coefficient (Wildman–Crippen LogP) is 1.45. The summed E-state index contributed by atoms with van der Waals surface area (Å²) in [6, 6.07) is 0.691. The fourth-order valence-electron chi connectivity index (χ4n) is 1.70. The minimum absolute atomic E-state index is 0.0562. The molecule has 0 fully saturated rings. The Kier molecular flexibility index (Phi) is 3.73. The number of aromatic hydroxyl groups is 1. The highest BCUT2D eigenvalue weighted by Gasteiger charge is 2.35. The minimum Gasteiger partial charge on any atom is -0.492 e. The minimum atomic E-state index is -4.94. The van der Waals surface area contributed by atoms with Crippen molar-refractivity contribution in [1.82, 2.24) is 14.1 Å². The second kappa shape index (κ2) is 5.13. The Morgan fingerprint density at radius 1 is 1.27 bits per heavy atom. The van der Waals surface area contributed by atoms with Gasteiger partial charge in [-0.3, -0.25) is 9.36 Å². The molecule has 6 nitrogen and oxygen atoms in total. The van der Waals surface area contributed by atoms with Crippen LogP contribution in [0.25, 0.3) is 5.82 Å². The first-order valence-corrected chi connectivity index (χ1v) is 5.87. The van der Waals surface area contributed by atoms with Gasteiger partial charge < -0.3 is 5.11 Å². The van der Waals surface area contributed by atoms with Crippen LogP contribution in [0.3, 0.4) is 0 Å². The van der Waals surface area contributed by atoms with E-state index in [4.69, 9.17) is 11.6 Å². The van der Waals surface area contributed by atoms with Gasteiger partial charge in [-0.1, -0.05) is 11.6 Å². The van der Waals surface area contributed by atoms with Crippen molar-refractivity contribution < 1.29 is 22.7 Å². The highest BCUT2D eigenvalue weighted by molar-refractivity contribution is 6.31. The van der Waals surface area contributed by atoms with Crippen molar-refractivity contribution in [3.8, 4) is 11.7 Å². The van der Waals surface area contributed by atoms with E-state index in [1.54, 1.807) is 0 Å². The van der Waals surface area contributed by atoms with Crippen LogP contribution in [0.15, 0.2) is 21.7 Å². The van der Waals surface area contributed by atoms with E-state index in [1.165, 1.54) is 0 Å². The molecule has 0 aliphatic heterocycles. The van der Waals surface area contributed by atoms with Crippen LogP contribution >= 0.6 is 11.6 Å². The Bertz CT molecular complexity index is 873. The molecule has 0 amide bonds. The number of halogens is 5. The van der Waals surface area contributed by atoms with Gasteiger partial charge in [0.05, 0.1) is 0 Å². The zero-order valence-electron chi connectivity index (χ0n) is 10.6. The first-order valence-electron chi connectivity index (χ1n) is 5.49. The van der Waals surface area contributed by atoms with Crippen LogP contribution in [0.1, 0.15) is 5.69 Å². The van der Waals surface area contributed by atoms with E-state index in [2.05, 4.69) is 4.98 Å². The highest BCUT2D eigenvalue weighted by atomic mass is 35.5. The molecule has 11 heteroatoms. The van der Waals surface area contributed by atoms with Crippen LogP contribution in [-0.2, 0) is 13.2 Å². The van der Waals surface area contributed by atoms with Crippen LogP contribution in [-0.4, -0.2) is 19.2 Å². The van der Waals surface area contributed by atoms with E-state index in [-0.39, 0.29) is 15.2 Å². The standard InChI is InChI=1S/C11H6ClF4N3O3/c1-18-6(11(14,15)16)3-7(20)19(10(18)22)8-5(13)2-4(12)9(21)17-8/h2-3H,1H3,(H,17,21). The molecular weight excluding hydrogens is 334 g/mol. The van der Waals surface area contributed by atoms with Gasteiger partial charge in [-0.25, -0.2) is 13.8 Å². The summed E-state index contributed by atoms with van der Waals surface area (Å²) in [5.41, 5.74) is -4.44. The van der Waals surface area contributed by atoms with Gasteiger partial charge in [0.25, 0.3) is 5.56 Å². The molecule has 1 N–H and O–H groups in total. The molecule has 0 aliphatic rings. The molecule has 118 valence electrons. The molecule has 0 aliphatic carbocycles. The first kappa shape index (κ1) is 16.0. The lowest BCUT2D eigenvalue weighted by molar-refractivity contribution is -0.144. The van der Waals surface area contributed by atoms with E-state index in [0.717, 1.165) is 7.05 Å². The molecule has 0 atom stereocenters. The van der Waals surface area contributed by atoms with Gasteiger partial charge in [0.1, 0.15) is 10.7 Å².